The van der Waals surface area contributed by atoms with Crippen LogP contribution < -0.4 is 0 Å². The minimum absolute atomic E-state index is 0.0590. The monoisotopic (exact) mass is 229 g/mol. The lowest BCUT2D eigenvalue weighted by Crippen LogP contribution is -2.24. The van der Waals surface area contributed by atoms with Crippen LogP contribution in [0.25, 0.3) is 0 Å². The average Bonchev–Trinajstić information content (AvgIpc) is 2.29. The van der Waals surface area contributed by atoms with Crippen molar-refractivity contribution < 1.29 is 14.4 Å². The summed E-state index contributed by atoms with van der Waals surface area (Å²) in [6, 6.07) is 0. The molecule has 0 spiro atoms. The molecule has 0 amide bonds. The van der Waals surface area contributed by atoms with Crippen molar-refractivity contribution in [2.24, 2.45) is 5.92 Å². The van der Waals surface area contributed by atoms with Gasteiger partial charge in [-0.15, -0.1) is 0 Å². The number of carbonyl (C=O) groups excluding carboxylic acids is 3. The van der Waals surface area contributed by atoms with Gasteiger partial charge in [-0.3, -0.25) is 14.4 Å². The van der Waals surface area contributed by atoms with Crippen LogP contribution in [0, 0.1) is 5.92 Å². The predicted molar refractivity (Wildman–Crippen MR) is 55.4 cm³/mol. The standard InChI is InChI=1S/C10H12ClNO3/c1-5(13)4-6-9(14)7(11)8(10(6)15)12(2)3/h6H,4H2,1-3H3/t6-/m1/s1. The number of carbonyl (C=O) groups is 3. The molecule has 0 radical (unpaired) electrons. The van der Waals surface area contributed by atoms with E-state index in [1.54, 1.807) is 14.1 Å². The first-order valence-corrected chi connectivity index (χ1v) is 4.89. The molecule has 1 aliphatic rings. The van der Waals surface area contributed by atoms with Crippen LogP contribution in [0.5, 0.6) is 0 Å². The Morgan fingerprint density at radius 1 is 1.33 bits per heavy atom. The highest BCUT2D eigenvalue weighted by atomic mass is 35.5. The fraction of sp³-hybridized carbons (Fsp3) is 0.500. The van der Waals surface area contributed by atoms with E-state index in [1.807, 2.05) is 0 Å². The third-order valence-electron chi connectivity index (χ3n) is 2.23. The molecule has 1 atom stereocenters. The third kappa shape index (κ3) is 2.09. The lowest BCUT2D eigenvalue weighted by atomic mass is 9.98. The zero-order valence-corrected chi connectivity index (χ0v) is 9.59. The fourth-order valence-corrected chi connectivity index (χ4v) is 1.95. The molecule has 0 aromatic rings. The van der Waals surface area contributed by atoms with Crippen molar-refractivity contribution in [3.05, 3.63) is 10.7 Å². The maximum atomic E-state index is 11.7. The van der Waals surface area contributed by atoms with E-state index >= 15 is 0 Å². The topological polar surface area (TPSA) is 54.5 Å². The van der Waals surface area contributed by atoms with E-state index in [4.69, 9.17) is 11.6 Å². The lowest BCUT2D eigenvalue weighted by molar-refractivity contribution is -0.131. The van der Waals surface area contributed by atoms with Gasteiger partial charge in [0.25, 0.3) is 0 Å². The average molecular weight is 230 g/mol. The molecular weight excluding hydrogens is 218 g/mol. The van der Waals surface area contributed by atoms with E-state index in [1.165, 1.54) is 11.8 Å². The zero-order valence-electron chi connectivity index (χ0n) is 8.83. The summed E-state index contributed by atoms with van der Waals surface area (Å²) < 4.78 is 0. The first kappa shape index (κ1) is 11.9. The molecule has 0 aromatic carbocycles. The third-order valence-corrected chi connectivity index (χ3v) is 2.59. The molecule has 1 aliphatic carbocycles. The van der Waals surface area contributed by atoms with Crippen molar-refractivity contribution in [3.63, 3.8) is 0 Å². The van der Waals surface area contributed by atoms with Crippen LogP contribution in [0.1, 0.15) is 13.3 Å². The van der Waals surface area contributed by atoms with E-state index in [2.05, 4.69) is 0 Å². The van der Waals surface area contributed by atoms with E-state index in [0.717, 1.165) is 0 Å². The van der Waals surface area contributed by atoms with E-state index in [-0.39, 0.29) is 28.7 Å². The summed E-state index contributed by atoms with van der Waals surface area (Å²) in [5, 5.41) is -0.0590. The van der Waals surface area contributed by atoms with Crippen molar-refractivity contribution in [2.75, 3.05) is 14.1 Å². The molecule has 5 heteroatoms. The molecule has 0 N–H and O–H groups in total. The zero-order chi connectivity index (χ0) is 11.7. The summed E-state index contributed by atoms with van der Waals surface area (Å²) in [6.45, 7) is 1.35. The number of halogens is 1. The quantitative estimate of drug-likeness (QED) is 0.670. The number of allylic oxidation sites excluding steroid dienone is 2. The summed E-state index contributed by atoms with van der Waals surface area (Å²) in [7, 11) is 3.28. The first-order chi connectivity index (χ1) is 6.86. The lowest BCUT2D eigenvalue weighted by Gasteiger charge is -2.13. The summed E-state index contributed by atoms with van der Waals surface area (Å²) in [5.41, 5.74) is 0.202. The molecule has 15 heavy (non-hydrogen) atoms. The van der Waals surface area contributed by atoms with Gasteiger partial charge >= 0.3 is 0 Å². The second kappa shape index (κ2) is 4.14. The van der Waals surface area contributed by atoms with Gasteiger partial charge in [0.2, 0.25) is 0 Å². The largest absolute Gasteiger partial charge is 0.373 e. The molecule has 0 heterocycles. The molecular formula is C10H12ClNO3. The Morgan fingerprint density at radius 2 is 1.87 bits per heavy atom. The highest BCUT2D eigenvalue weighted by Gasteiger charge is 2.41. The van der Waals surface area contributed by atoms with Gasteiger partial charge in [0, 0.05) is 20.5 Å². The number of ketones is 3. The van der Waals surface area contributed by atoms with Gasteiger partial charge in [0.05, 0.1) is 5.92 Å². The Kier molecular flexibility index (Phi) is 3.29. The number of likely N-dealkylation sites (N-methyl/N-ethyl adjacent to an activating group) is 1. The van der Waals surface area contributed by atoms with Gasteiger partial charge in [-0.05, 0) is 6.92 Å². The smallest absolute Gasteiger partial charge is 0.191 e. The van der Waals surface area contributed by atoms with Crippen molar-refractivity contribution in [2.45, 2.75) is 13.3 Å². The Hall–Kier alpha value is -1.16. The second-order valence-electron chi connectivity index (χ2n) is 3.74. The summed E-state index contributed by atoms with van der Waals surface area (Å²) >= 11 is 5.75. The van der Waals surface area contributed by atoms with Crippen LogP contribution in [-0.2, 0) is 14.4 Å². The Balaban J connectivity index is 3.01. The van der Waals surface area contributed by atoms with Crippen LogP contribution in [-0.4, -0.2) is 36.3 Å². The van der Waals surface area contributed by atoms with Crippen molar-refractivity contribution in [1.82, 2.24) is 4.90 Å². The minimum atomic E-state index is -0.910. The molecule has 0 fully saturated rings. The Morgan fingerprint density at radius 3 is 2.20 bits per heavy atom. The molecule has 82 valence electrons. The van der Waals surface area contributed by atoms with Crippen molar-refractivity contribution in [1.29, 1.82) is 0 Å². The van der Waals surface area contributed by atoms with Gasteiger partial charge in [0.15, 0.2) is 11.6 Å². The highest BCUT2D eigenvalue weighted by Crippen LogP contribution is 2.30. The van der Waals surface area contributed by atoms with Crippen LogP contribution in [0.3, 0.4) is 0 Å². The highest BCUT2D eigenvalue weighted by molar-refractivity contribution is 6.49. The van der Waals surface area contributed by atoms with E-state index < -0.39 is 11.7 Å². The minimum Gasteiger partial charge on any atom is -0.373 e. The maximum absolute atomic E-state index is 11.7. The Bertz CT molecular complexity index is 371. The molecule has 0 unspecified atom stereocenters. The van der Waals surface area contributed by atoms with E-state index in [9.17, 15) is 14.4 Å². The number of hydrogen-bond donors (Lipinski definition) is 0. The number of rotatable bonds is 3. The molecule has 0 saturated heterocycles. The molecule has 1 rings (SSSR count). The predicted octanol–water partition coefficient (Wildman–Crippen LogP) is 0.746. The van der Waals surface area contributed by atoms with Crippen LogP contribution in [0.15, 0.2) is 10.7 Å². The first-order valence-electron chi connectivity index (χ1n) is 4.51. The van der Waals surface area contributed by atoms with Crippen molar-refractivity contribution >= 4 is 29.0 Å². The van der Waals surface area contributed by atoms with Crippen LogP contribution in [0.2, 0.25) is 0 Å². The maximum Gasteiger partial charge on any atom is 0.191 e. The van der Waals surface area contributed by atoms with Crippen LogP contribution in [0.4, 0.5) is 0 Å². The normalized spacial score (nSPS) is 21.2. The van der Waals surface area contributed by atoms with Gasteiger partial charge in [-0.1, -0.05) is 11.6 Å². The summed E-state index contributed by atoms with van der Waals surface area (Å²) in [5.74, 6) is -1.90. The SMILES string of the molecule is CC(=O)C[C@@H]1C(=O)C(Cl)=C(N(C)C)C1=O. The van der Waals surface area contributed by atoms with Gasteiger partial charge in [0.1, 0.15) is 16.5 Å². The summed E-state index contributed by atoms with van der Waals surface area (Å²) in [4.78, 5) is 35.7. The molecule has 4 nitrogen and oxygen atoms in total. The number of nitrogens with zero attached hydrogens (tertiary/aromatic N) is 1. The Labute approximate surface area is 92.9 Å². The molecule has 0 aliphatic heterocycles. The van der Waals surface area contributed by atoms with Crippen molar-refractivity contribution in [3.8, 4) is 0 Å². The van der Waals surface area contributed by atoms with Gasteiger partial charge in [-0.25, -0.2) is 0 Å². The van der Waals surface area contributed by atoms with Gasteiger partial charge in [-0.2, -0.15) is 0 Å². The second-order valence-corrected chi connectivity index (χ2v) is 4.12. The molecule has 0 aromatic heterocycles. The van der Waals surface area contributed by atoms with Crippen LogP contribution >= 0.6 is 11.6 Å². The summed E-state index contributed by atoms with van der Waals surface area (Å²) in [6.07, 6.45) is -0.0643. The fourth-order valence-electron chi connectivity index (χ4n) is 1.55. The van der Waals surface area contributed by atoms with Gasteiger partial charge < -0.3 is 4.90 Å². The molecule has 0 saturated carbocycles. The number of Topliss-reactive ketones (excluding diaryl/α,β-unsaturated/α-hetero) is 3. The number of hydrogen-bond acceptors (Lipinski definition) is 4. The molecule has 0 bridgehead atoms. The van der Waals surface area contributed by atoms with E-state index in [0.29, 0.717) is 0 Å².